The van der Waals surface area contributed by atoms with Gasteiger partial charge in [-0.25, -0.2) is 0 Å². The van der Waals surface area contributed by atoms with Crippen LogP contribution in [0.1, 0.15) is 45.0 Å². The first-order valence-electron chi connectivity index (χ1n) is 5.36. The Morgan fingerprint density at radius 3 is 1.93 bits per heavy atom. The Morgan fingerprint density at radius 1 is 1.07 bits per heavy atom. The summed E-state index contributed by atoms with van der Waals surface area (Å²) in [5.41, 5.74) is 0.532. The second-order valence-electron chi connectivity index (χ2n) is 4.07. The third kappa shape index (κ3) is 5.89. The molecule has 1 aromatic rings. The fraction of sp³-hybridized carbons (Fsp3) is 0.462. The van der Waals surface area contributed by atoms with Gasteiger partial charge in [0.25, 0.3) is 5.91 Å². The molecule has 0 atom stereocenters. The molecule has 1 rings (SSSR count). The molecule has 0 saturated carbocycles. The summed E-state index contributed by atoms with van der Waals surface area (Å²) < 4.78 is 0. The lowest BCUT2D eigenvalue weighted by molar-refractivity contribution is 0.0919. The highest BCUT2D eigenvalue weighted by molar-refractivity contribution is 5.94. The number of hydrogen-bond donors (Lipinski definition) is 1. The molecule has 84 valence electrons. The lowest BCUT2D eigenvalue weighted by Crippen LogP contribution is -2.40. The molecule has 0 unspecified atom stereocenters. The van der Waals surface area contributed by atoms with E-state index in [2.05, 4.69) is 5.32 Å². The van der Waals surface area contributed by atoms with Crippen LogP contribution in [0.3, 0.4) is 0 Å². The maximum absolute atomic E-state index is 11.5. The lowest BCUT2D eigenvalue weighted by atomic mass is 10.1. The molecule has 0 spiro atoms. The Morgan fingerprint density at radius 2 is 1.53 bits per heavy atom. The molecule has 0 aromatic heterocycles. The van der Waals surface area contributed by atoms with E-state index in [1.165, 1.54) is 0 Å². The number of nitrogens with one attached hydrogen (secondary N) is 1. The van der Waals surface area contributed by atoms with Crippen molar-refractivity contribution in [3.8, 4) is 0 Å². The Balaban J connectivity index is 0.000000921. The predicted molar refractivity (Wildman–Crippen MR) is 65.0 cm³/mol. The largest absolute Gasteiger partial charge is 0.347 e. The SMILES string of the molecule is CC.CC(C)(C)NC(=O)c1ccccc1. The molecule has 0 bridgehead atoms. The molecule has 0 aliphatic heterocycles. The van der Waals surface area contributed by atoms with Crippen molar-refractivity contribution in [2.45, 2.75) is 40.2 Å². The van der Waals surface area contributed by atoms with Gasteiger partial charge in [0.2, 0.25) is 0 Å². The van der Waals surface area contributed by atoms with Crippen LogP contribution in [0.15, 0.2) is 30.3 Å². The quantitative estimate of drug-likeness (QED) is 0.752. The van der Waals surface area contributed by atoms with Crippen LogP contribution in [0.4, 0.5) is 0 Å². The maximum atomic E-state index is 11.5. The number of amides is 1. The number of carbonyl (C=O) groups is 1. The Kier molecular flexibility index (Phi) is 5.68. The molecule has 1 N–H and O–H groups in total. The Hall–Kier alpha value is -1.31. The normalized spacial score (nSPS) is 9.93. The molecule has 1 amide bonds. The minimum absolute atomic E-state index is 0.0203. The van der Waals surface area contributed by atoms with E-state index in [0.29, 0.717) is 5.56 Å². The minimum atomic E-state index is -0.174. The average molecular weight is 207 g/mol. The van der Waals surface area contributed by atoms with Gasteiger partial charge in [0.05, 0.1) is 0 Å². The highest BCUT2D eigenvalue weighted by Gasteiger charge is 2.14. The van der Waals surface area contributed by atoms with E-state index in [9.17, 15) is 4.79 Å². The molecule has 0 saturated heterocycles. The van der Waals surface area contributed by atoms with E-state index in [4.69, 9.17) is 0 Å². The first-order valence-corrected chi connectivity index (χ1v) is 5.36. The van der Waals surface area contributed by atoms with Gasteiger partial charge < -0.3 is 5.32 Å². The molecule has 2 nitrogen and oxygen atoms in total. The summed E-state index contributed by atoms with van der Waals surface area (Å²) in [6, 6.07) is 9.23. The molecular formula is C13H21NO. The van der Waals surface area contributed by atoms with Crippen molar-refractivity contribution in [2.24, 2.45) is 0 Å². The van der Waals surface area contributed by atoms with Crippen LogP contribution in [-0.2, 0) is 0 Å². The molecule has 0 aliphatic rings. The van der Waals surface area contributed by atoms with E-state index < -0.39 is 0 Å². The monoisotopic (exact) mass is 207 g/mol. The minimum Gasteiger partial charge on any atom is -0.347 e. The smallest absolute Gasteiger partial charge is 0.251 e. The van der Waals surface area contributed by atoms with Gasteiger partial charge in [0.15, 0.2) is 0 Å². The first kappa shape index (κ1) is 13.7. The molecule has 0 fully saturated rings. The standard InChI is InChI=1S/C11H15NO.C2H6/c1-11(2,3)12-10(13)9-7-5-4-6-8-9;1-2/h4-8H,1-3H3,(H,12,13);1-2H3. The highest BCUT2D eigenvalue weighted by Crippen LogP contribution is 2.03. The van der Waals surface area contributed by atoms with E-state index in [0.717, 1.165) is 0 Å². The molecule has 0 heterocycles. The van der Waals surface area contributed by atoms with Gasteiger partial charge >= 0.3 is 0 Å². The zero-order chi connectivity index (χ0) is 11.9. The van der Waals surface area contributed by atoms with Gasteiger partial charge in [-0.2, -0.15) is 0 Å². The van der Waals surface area contributed by atoms with Gasteiger partial charge in [-0.15, -0.1) is 0 Å². The Labute approximate surface area is 92.7 Å². The van der Waals surface area contributed by atoms with Crippen molar-refractivity contribution in [1.82, 2.24) is 5.32 Å². The summed E-state index contributed by atoms with van der Waals surface area (Å²) in [7, 11) is 0. The van der Waals surface area contributed by atoms with E-state index >= 15 is 0 Å². The summed E-state index contributed by atoms with van der Waals surface area (Å²) in [5.74, 6) is -0.0203. The molecule has 2 heteroatoms. The highest BCUT2D eigenvalue weighted by atomic mass is 16.1. The van der Waals surface area contributed by atoms with Crippen LogP contribution in [-0.4, -0.2) is 11.4 Å². The number of rotatable bonds is 1. The van der Waals surface area contributed by atoms with Gasteiger partial charge in [-0.3, -0.25) is 4.79 Å². The van der Waals surface area contributed by atoms with E-state index in [-0.39, 0.29) is 11.4 Å². The zero-order valence-electron chi connectivity index (χ0n) is 10.3. The van der Waals surface area contributed by atoms with Gasteiger partial charge in [-0.05, 0) is 32.9 Å². The van der Waals surface area contributed by atoms with Crippen molar-refractivity contribution < 1.29 is 4.79 Å². The van der Waals surface area contributed by atoms with Crippen LogP contribution in [0.25, 0.3) is 0 Å². The van der Waals surface area contributed by atoms with Crippen molar-refractivity contribution in [1.29, 1.82) is 0 Å². The lowest BCUT2D eigenvalue weighted by Gasteiger charge is -2.20. The van der Waals surface area contributed by atoms with E-state index in [1.54, 1.807) is 12.1 Å². The van der Waals surface area contributed by atoms with Crippen LogP contribution >= 0.6 is 0 Å². The summed E-state index contributed by atoms with van der Waals surface area (Å²) in [5, 5.41) is 2.90. The summed E-state index contributed by atoms with van der Waals surface area (Å²) in [6.45, 7) is 9.90. The van der Waals surface area contributed by atoms with Crippen LogP contribution in [0.5, 0.6) is 0 Å². The zero-order valence-corrected chi connectivity index (χ0v) is 10.3. The predicted octanol–water partition coefficient (Wildman–Crippen LogP) is 3.24. The van der Waals surface area contributed by atoms with Gasteiger partial charge in [0.1, 0.15) is 0 Å². The van der Waals surface area contributed by atoms with Crippen LogP contribution in [0, 0.1) is 0 Å². The molecular weight excluding hydrogens is 186 g/mol. The van der Waals surface area contributed by atoms with Gasteiger partial charge in [0, 0.05) is 11.1 Å². The topological polar surface area (TPSA) is 29.1 Å². The second kappa shape index (κ2) is 6.23. The van der Waals surface area contributed by atoms with Crippen molar-refractivity contribution in [3.05, 3.63) is 35.9 Å². The van der Waals surface area contributed by atoms with Crippen molar-refractivity contribution in [3.63, 3.8) is 0 Å². The number of carbonyl (C=O) groups excluding carboxylic acids is 1. The second-order valence-corrected chi connectivity index (χ2v) is 4.07. The van der Waals surface area contributed by atoms with Crippen molar-refractivity contribution >= 4 is 5.91 Å². The maximum Gasteiger partial charge on any atom is 0.251 e. The molecule has 15 heavy (non-hydrogen) atoms. The fourth-order valence-corrected chi connectivity index (χ4v) is 1.00. The first-order chi connectivity index (χ1) is 6.99. The third-order valence-corrected chi connectivity index (χ3v) is 1.52. The fourth-order valence-electron chi connectivity index (χ4n) is 1.00. The molecule has 1 aromatic carbocycles. The van der Waals surface area contributed by atoms with Gasteiger partial charge in [-0.1, -0.05) is 32.0 Å². The molecule has 0 aliphatic carbocycles. The van der Waals surface area contributed by atoms with Crippen LogP contribution < -0.4 is 5.32 Å². The molecule has 0 radical (unpaired) electrons. The summed E-state index contributed by atoms with van der Waals surface area (Å²) >= 11 is 0. The Bertz CT molecular complexity index is 285. The van der Waals surface area contributed by atoms with Crippen molar-refractivity contribution in [2.75, 3.05) is 0 Å². The summed E-state index contributed by atoms with van der Waals surface area (Å²) in [6.07, 6.45) is 0. The van der Waals surface area contributed by atoms with Crippen LogP contribution in [0.2, 0.25) is 0 Å². The number of benzene rings is 1. The average Bonchev–Trinajstić information content (AvgIpc) is 2.20. The van der Waals surface area contributed by atoms with E-state index in [1.807, 2.05) is 52.8 Å². The summed E-state index contributed by atoms with van der Waals surface area (Å²) in [4.78, 5) is 11.5. The third-order valence-electron chi connectivity index (χ3n) is 1.52. The number of hydrogen-bond acceptors (Lipinski definition) is 1.